The van der Waals surface area contributed by atoms with Crippen LogP contribution in [0.2, 0.25) is 0 Å². The van der Waals surface area contributed by atoms with Crippen molar-refractivity contribution in [2.75, 3.05) is 20.3 Å². The Morgan fingerprint density at radius 3 is 2.33 bits per heavy atom. The van der Waals surface area contributed by atoms with Crippen molar-refractivity contribution < 1.29 is 19.4 Å². The molecule has 1 saturated carbocycles. The Labute approximate surface area is 107 Å². The van der Waals surface area contributed by atoms with Gasteiger partial charge in [0.15, 0.2) is 0 Å². The first-order chi connectivity index (χ1) is 8.56. The number of β-amino-alcohol motifs (C(OH)–C–C–N with tert-alkyl or cyclic N) is 1. The van der Waals surface area contributed by atoms with E-state index in [0.717, 1.165) is 25.7 Å². The normalized spacial score (nSPS) is 24.9. The van der Waals surface area contributed by atoms with E-state index in [1.54, 1.807) is 0 Å². The van der Waals surface area contributed by atoms with Crippen molar-refractivity contribution in [3.05, 3.63) is 0 Å². The number of likely N-dealkylation sites (tertiary alicyclic amines) is 1. The molecule has 0 aromatic heterocycles. The number of carbonyl (C=O) groups is 2. The predicted molar refractivity (Wildman–Crippen MR) is 64.7 cm³/mol. The molecule has 1 aliphatic heterocycles. The van der Waals surface area contributed by atoms with Gasteiger partial charge in [-0.05, 0) is 18.3 Å². The van der Waals surface area contributed by atoms with E-state index < -0.39 is 6.10 Å². The van der Waals surface area contributed by atoms with Gasteiger partial charge in [0.05, 0.1) is 19.3 Å². The molecule has 18 heavy (non-hydrogen) atoms. The van der Waals surface area contributed by atoms with Gasteiger partial charge in [-0.1, -0.05) is 12.8 Å². The second-order valence-electron chi connectivity index (χ2n) is 5.57. The first kappa shape index (κ1) is 13.5. The number of aliphatic hydroxyl groups is 1. The van der Waals surface area contributed by atoms with Gasteiger partial charge in [0.1, 0.15) is 0 Å². The fourth-order valence-electron chi connectivity index (χ4n) is 3.17. The SMILES string of the molecule is COCC(O)CN1C(=O)CC2(CCCC2)CC1=O. The van der Waals surface area contributed by atoms with Crippen LogP contribution in [-0.4, -0.2) is 48.2 Å². The van der Waals surface area contributed by atoms with Crippen molar-refractivity contribution in [1.82, 2.24) is 4.90 Å². The highest BCUT2D eigenvalue weighted by atomic mass is 16.5. The average molecular weight is 255 g/mol. The molecule has 1 atom stereocenters. The predicted octanol–water partition coefficient (Wildman–Crippen LogP) is 0.703. The van der Waals surface area contributed by atoms with E-state index in [-0.39, 0.29) is 30.4 Å². The number of hydrogen-bond acceptors (Lipinski definition) is 4. The Hall–Kier alpha value is -0.940. The van der Waals surface area contributed by atoms with E-state index in [2.05, 4.69) is 0 Å². The summed E-state index contributed by atoms with van der Waals surface area (Å²) in [6.07, 6.45) is 4.33. The molecule has 2 fully saturated rings. The van der Waals surface area contributed by atoms with E-state index in [1.165, 1.54) is 12.0 Å². The summed E-state index contributed by atoms with van der Waals surface area (Å²) in [4.78, 5) is 25.3. The lowest BCUT2D eigenvalue weighted by Gasteiger charge is -2.37. The van der Waals surface area contributed by atoms with Crippen molar-refractivity contribution in [3.63, 3.8) is 0 Å². The number of piperidine rings is 1. The zero-order valence-corrected chi connectivity index (χ0v) is 10.9. The molecule has 0 radical (unpaired) electrons. The zero-order valence-electron chi connectivity index (χ0n) is 10.9. The van der Waals surface area contributed by atoms with Gasteiger partial charge in [0.2, 0.25) is 11.8 Å². The number of methoxy groups -OCH3 is 1. The van der Waals surface area contributed by atoms with E-state index in [4.69, 9.17) is 4.74 Å². The molecule has 1 spiro atoms. The van der Waals surface area contributed by atoms with Gasteiger partial charge in [0.25, 0.3) is 0 Å². The summed E-state index contributed by atoms with van der Waals surface area (Å²) in [6.45, 7) is 0.198. The minimum Gasteiger partial charge on any atom is -0.389 e. The molecule has 0 aromatic carbocycles. The fraction of sp³-hybridized carbons (Fsp3) is 0.846. The number of carbonyl (C=O) groups excluding carboxylic acids is 2. The smallest absolute Gasteiger partial charge is 0.229 e. The molecule has 5 heteroatoms. The highest BCUT2D eigenvalue weighted by Crippen LogP contribution is 2.46. The van der Waals surface area contributed by atoms with Gasteiger partial charge in [-0.25, -0.2) is 0 Å². The lowest BCUT2D eigenvalue weighted by molar-refractivity contribution is -0.155. The van der Waals surface area contributed by atoms with Gasteiger partial charge >= 0.3 is 0 Å². The minimum atomic E-state index is -0.791. The second-order valence-corrected chi connectivity index (χ2v) is 5.57. The topological polar surface area (TPSA) is 66.8 Å². The molecule has 0 bridgehead atoms. The van der Waals surface area contributed by atoms with Crippen molar-refractivity contribution in [1.29, 1.82) is 0 Å². The highest BCUT2D eigenvalue weighted by Gasteiger charge is 2.45. The molecule has 0 aromatic rings. The molecule has 5 nitrogen and oxygen atoms in total. The number of imide groups is 1. The van der Waals surface area contributed by atoms with Crippen LogP contribution in [0, 0.1) is 5.41 Å². The van der Waals surface area contributed by atoms with Crippen LogP contribution in [0.3, 0.4) is 0 Å². The lowest BCUT2D eigenvalue weighted by Crippen LogP contribution is -2.50. The Balaban J connectivity index is 1.98. The summed E-state index contributed by atoms with van der Waals surface area (Å²) in [6, 6.07) is 0. The largest absolute Gasteiger partial charge is 0.389 e. The molecule has 1 unspecified atom stereocenters. The molecule has 2 amide bonds. The third-order valence-corrected chi connectivity index (χ3v) is 4.07. The van der Waals surface area contributed by atoms with Crippen LogP contribution in [0.25, 0.3) is 0 Å². The fourth-order valence-corrected chi connectivity index (χ4v) is 3.17. The van der Waals surface area contributed by atoms with Crippen molar-refractivity contribution >= 4 is 11.8 Å². The quantitative estimate of drug-likeness (QED) is 0.751. The third kappa shape index (κ3) is 2.72. The molecule has 1 heterocycles. The van der Waals surface area contributed by atoms with Crippen LogP contribution in [0.15, 0.2) is 0 Å². The summed E-state index contributed by atoms with van der Waals surface area (Å²) in [5, 5.41) is 9.62. The van der Waals surface area contributed by atoms with Gasteiger partial charge < -0.3 is 9.84 Å². The molecule has 2 rings (SSSR count). The highest BCUT2D eigenvalue weighted by molar-refractivity contribution is 5.98. The van der Waals surface area contributed by atoms with Crippen molar-refractivity contribution in [2.24, 2.45) is 5.41 Å². The van der Waals surface area contributed by atoms with Crippen LogP contribution < -0.4 is 0 Å². The number of hydrogen-bond donors (Lipinski definition) is 1. The standard InChI is InChI=1S/C13H21NO4/c1-18-9-10(15)8-14-11(16)6-13(7-12(14)17)4-2-3-5-13/h10,15H,2-9H2,1H3. The molecule has 1 aliphatic carbocycles. The van der Waals surface area contributed by atoms with Crippen LogP contribution in [0.5, 0.6) is 0 Å². The lowest BCUT2D eigenvalue weighted by atomic mass is 9.76. The van der Waals surface area contributed by atoms with Gasteiger partial charge in [-0.3, -0.25) is 14.5 Å². The van der Waals surface area contributed by atoms with E-state index in [1.807, 2.05) is 0 Å². The molecule has 2 aliphatic rings. The number of amides is 2. The maximum absolute atomic E-state index is 12.1. The first-order valence-electron chi connectivity index (χ1n) is 6.56. The summed E-state index contributed by atoms with van der Waals surface area (Å²) >= 11 is 0. The van der Waals surface area contributed by atoms with Crippen molar-refractivity contribution in [2.45, 2.75) is 44.6 Å². The van der Waals surface area contributed by atoms with E-state index in [0.29, 0.717) is 12.8 Å². The Bertz CT molecular complexity index is 316. The van der Waals surface area contributed by atoms with E-state index in [9.17, 15) is 14.7 Å². The summed E-state index contributed by atoms with van der Waals surface area (Å²) in [7, 11) is 1.48. The number of rotatable bonds is 4. The molecule has 102 valence electrons. The number of aliphatic hydroxyl groups excluding tert-OH is 1. The maximum Gasteiger partial charge on any atom is 0.229 e. The summed E-state index contributed by atoms with van der Waals surface area (Å²) in [5.74, 6) is -0.272. The molecular formula is C13H21NO4. The summed E-state index contributed by atoms with van der Waals surface area (Å²) in [5.41, 5.74) is -0.0725. The Morgan fingerprint density at radius 2 is 1.83 bits per heavy atom. The Kier molecular flexibility index (Phi) is 4.02. The third-order valence-electron chi connectivity index (χ3n) is 4.07. The number of nitrogens with zero attached hydrogens (tertiary/aromatic N) is 1. The molecule has 1 N–H and O–H groups in total. The van der Waals surface area contributed by atoms with Crippen LogP contribution in [0.4, 0.5) is 0 Å². The zero-order chi connectivity index (χ0) is 13.2. The van der Waals surface area contributed by atoms with E-state index >= 15 is 0 Å². The Morgan fingerprint density at radius 1 is 1.28 bits per heavy atom. The molecule has 1 saturated heterocycles. The van der Waals surface area contributed by atoms with Gasteiger partial charge in [-0.2, -0.15) is 0 Å². The van der Waals surface area contributed by atoms with Crippen molar-refractivity contribution in [3.8, 4) is 0 Å². The summed E-state index contributed by atoms with van der Waals surface area (Å²) < 4.78 is 4.81. The second kappa shape index (κ2) is 5.36. The average Bonchev–Trinajstić information content (AvgIpc) is 2.72. The maximum atomic E-state index is 12.1. The molecular weight excluding hydrogens is 234 g/mol. The van der Waals surface area contributed by atoms with Gasteiger partial charge in [-0.15, -0.1) is 0 Å². The first-order valence-corrected chi connectivity index (χ1v) is 6.56. The monoisotopic (exact) mass is 255 g/mol. The van der Waals surface area contributed by atoms with Crippen LogP contribution in [-0.2, 0) is 14.3 Å². The number of ether oxygens (including phenoxy) is 1. The minimum absolute atomic E-state index is 0.0571. The van der Waals surface area contributed by atoms with Gasteiger partial charge in [0, 0.05) is 20.0 Å². The van der Waals surface area contributed by atoms with Crippen LogP contribution in [0.1, 0.15) is 38.5 Å². The van der Waals surface area contributed by atoms with Crippen LogP contribution >= 0.6 is 0 Å².